The Morgan fingerprint density at radius 1 is 1.06 bits per heavy atom. The molecule has 36 heavy (non-hydrogen) atoms. The van der Waals surface area contributed by atoms with E-state index < -0.39 is 15.9 Å². The van der Waals surface area contributed by atoms with Gasteiger partial charge in [0.25, 0.3) is 15.9 Å². The fraction of sp³-hybridized carbons (Fsp3) is 0.200. The highest BCUT2D eigenvalue weighted by molar-refractivity contribution is 7.92. The number of amides is 1. The van der Waals surface area contributed by atoms with Crippen LogP contribution in [0.15, 0.2) is 71.6 Å². The molecule has 0 unspecified atom stereocenters. The number of halogens is 1. The SMILES string of the molecule is N#Cc1ccc(OCC(=O)Nc2cc(S(=O)(=O)Nc3ccc(Cl)cc3)ccc2N2CCOCC2)cc1. The van der Waals surface area contributed by atoms with Gasteiger partial charge in [-0.3, -0.25) is 9.52 Å². The standard InChI is InChI=1S/C25H23ClN4O5S/c26-19-3-5-20(6-4-19)29-36(32,33)22-9-10-24(30-11-13-34-14-12-30)23(15-22)28-25(31)17-35-21-7-1-18(16-27)2-8-21/h1-10,15,29H,11-14,17H2,(H,28,31). The lowest BCUT2D eigenvalue weighted by molar-refractivity contribution is -0.118. The van der Waals surface area contributed by atoms with Crippen molar-refractivity contribution in [2.75, 3.05) is 47.8 Å². The van der Waals surface area contributed by atoms with Gasteiger partial charge in [0.05, 0.1) is 41.1 Å². The fourth-order valence-corrected chi connectivity index (χ4v) is 4.77. The molecule has 0 aliphatic carbocycles. The van der Waals surface area contributed by atoms with Crippen LogP contribution >= 0.6 is 11.6 Å². The monoisotopic (exact) mass is 526 g/mol. The van der Waals surface area contributed by atoms with Gasteiger partial charge in [0.15, 0.2) is 6.61 Å². The Morgan fingerprint density at radius 3 is 2.42 bits per heavy atom. The minimum absolute atomic E-state index is 0.0160. The highest BCUT2D eigenvalue weighted by Crippen LogP contribution is 2.31. The predicted octanol–water partition coefficient (Wildman–Crippen LogP) is 3.87. The number of nitriles is 1. The number of carbonyl (C=O) groups is 1. The van der Waals surface area contributed by atoms with Gasteiger partial charge in [-0.05, 0) is 66.7 Å². The Labute approximate surface area is 214 Å². The first-order valence-corrected chi connectivity index (χ1v) is 12.9. The van der Waals surface area contributed by atoms with Gasteiger partial charge in [0.2, 0.25) is 0 Å². The molecule has 3 aromatic rings. The van der Waals surface area contributed by atoms with E-state index in [9.17, 15) is 13.2 Å². The second-order valence-electron chi connectivity index (χ2n) is 7.86. The van der Waals surface area contributed by atoms with Crippen LogP contribution in [-0.4, -0.2) is 47.2 Å². The molecule has 1 aliphatic rings. The Bertz CT molecular complexity index is 1370. The van der Waals surface area contributed by atoms with E-state index in [2.05, 4.69) is 10.0 Å². The van der Waals surface area contributed by atoms with E-state index in [-0.39, 0.29) is 11.5 Å². The number of ether oxygens (including phenoxy) is 2. The molecular weight excluding hydrogens is 504 g/mol. The number of hydrogen-bond acceptors (Lipinski definition) is 7. The van der Waals surface area contributed by atoms with Gasteiger partial charge in [-0.1, -0.05) is 11.6 Å². The molecule has 2 N–H and O–H groups in total. The van der Waals surface area contributed by atoms with E-state index in [0.29, 0.717) is 59.7 Å². The van der Waals surface area contributed by atoms with Gasteiger partial charge < -0.3 is 19.7 Å². The second-order valence-corrected chi connectivity index (χ2v) is 9.98. The van der Waals surface area contributed by atoms with E-state index in [1.165, 1.54) is 12.1 Å². The molecule has 9 nitrogen and oxygen atoms in total. The molecule has 4 rings (SSSR count). The summed E-state index contributed by atoms with van der Waals surface area (Å²) in [6.07, 6.45) is 0. The summed E-state index contributed by atoms with van der Waals surface area (Å²) >= 11 is 5.88. The van der Waals surface area contributed by atoms with Crippen LogP contribution in [0.2, 0.25) is 5.02 Å². The average molecular weight is 527 g/mol. The lowest BCUT2D eigenvalue weighted by atomic mass is 10.2. The highest BCUT2D eigenvalue weighted by Gasteiger charge is 2.21. The van der Waals surface area contributed by atoms with Crippen molar-refractivity contribution in [3.8, 4) is 11.8 Å². The first-order chi connectivity index (χ1) is 17.3. The van der Waals surface area contributed by atoms with E-state index in [4.69, 9.17) is 26.3 Å². The number of nitrogens with zero attached hydrogens (tertiary/aromatic N) is 2. The van der Waals surface area contributed by atoms with E-state index >= 15 is 0 Å². The van der Waals surface area contributed by atoms with Gasteiger partial charge in [-0.25, -0.2) is 8.42 Å². The minimum Gasteiger partial charge on any atom is -0.484 e. The summed E-state index contributed by atoms with van der Waals surface area (Å²) in [5.74, 6) is -0.0323. The number of carbonyl (C=O) groups excluding carboxylic acids is 1. The smallest absolute Gasteiger partial charge is 0.262 e. The molecule has 1 aliphatic heterocycles. The zero-order valence-electron chi connectivity index (χ0n) is 19.1. The van der Waals surface area contributed by atoms with Crippen LogP contribution in [0.3, 0.4) is 0 Å². The number of sulfonamides is 1. The van der Waals surface area contributed by atoms with Crippen LogP contribution < -0.4 is 19.7 Å². The largest absolute Gasteiger partial charge is 0.484 e. The predicted molar refractivity (Wildman–Crippen MR) is 137 cm³/mol. The summed E-state index contributed by atoms with van der Waals surface area (Å²) in [6, 6.07) is 19.3. The number of rotatable bonds is 8. The summed E-state index contributed by atoms with van der Waals surface area (Å²) in [7, 11) is -3.94. The van der Waals surface area contributed by atoms with E-state index in [1.807, 2.05) is 11.0 Å². The third-order valence-electron chi connectivity index (χ3n) is 5.35. The van der Waals surface area contributed by atoms with Gasteiger partial charge in [-0.2, -0.15) is 5.26 Å². The zero-order valence-corrected chi connectivity index (χ0v) is 20.7. The van der Waals surface area contributed by atoms with Gasteiger partial charge in [0.1, 0.15) is 5.75 Å². The zero-order chi connectivity index (χ0) is 25.5. The summed E-state index contributed by atoms with van der Waals surface area (Å²) in [5.41, 5.74) is 1.85. The van der Waals surface area contributed by atoms with Crippen LogP contribution in [0.5, 0.6) is 5.75 Å². The highest BCUT2D eigenvalue weighted by atomic mass is 35.5. The van der Waals surface area contributed by atoms with Crippen molar-refractivity contribution in [3.05, 3.63) is 77.3 Å². The second kappa shape index (κ2) is 11.3. The molecule has 0 aromatic heterocycles. The maximum absolute atomic E-state index is 13.0. The molecule has 0 bridgehead atoms. The van der Waals surface area contributed by atoms with Crippen molar-refractivity contribution in [1.29, 1.82) is 5.26 Å². The molecule has 1 fully saturated rings. The quantitative estimate of drug-likeness (QED) is 0.457. The van der Waals surface area contributed by atoms with Crippen molar-refractivity contribution in [2.24, 2.45) is 0 Å². The summed E-state index contributed by atoms with van der Waals surface area (Å²) in [6.45, 7) is 1.94. The molecule has 0 atom stereocenters. The number of benzene rings is 3. The molecule has 0 spiro atoms. The number of nitrogens with one attached hydrogen (secondary N) is 2. The van der Waals surface area contributed by atoms with Crippen molar-refractivity contribution in [2.45, 2.75) is 4.90 Å². The Morgan fingerprint density at radius 2 is 1.75 bits per heavy atom. The van der Waals surface area contributed by atoms with Crippen LogP contribution in [0.25, 0.3) is 0 Å². The first kappa shape index (κ1) is 25.3. The summed E-state index contributed by atoms with van der Waals surface area (Å²) < 4.78 is 39.5. The molecular formula is C25H23ClN4O5S. The van der Waals surface area contributed by atoms with Gasteiger partial charge in [-0.15, -0.1) is 0 Å². The van der Waals surface area contributed by atoms with Gasteiger partial charge in [0, 0.05) is 23.8 Å². The van der Waals surface area contributed by atoms with Crippen molar-refractivity contribution in [3.63, 3.8) is 0 Å². The molecule has 0 saturated carbocycles. The Balaban J connectivity index is 1.54. The summed E-state index contributed by atoms with van der Waals surface area (Å²) in [5, 5.41) is 12.2. The van der Waals surface area contributed by atoms with Crippen molar-refractivity contribution in [1.82, 2.24) is 0 Å². The van der Waals surface area contributed by atoms with Gasteiger partial charge >= 0.3 is 0 Å². The maximum atomic E-state index is 13.0. The first-order valence-electron chi connectivity index (χ1n) is 11.0. The van der Waals surface area contributed by atoms with Crippen LogP contribution in [-0.2, 0) is 19.6 Å². The molecule has 3 aromatic carbocycles. The van der Waals surface area contributed by atoms with Crippen LogP contribution in [0, 0.1) is 11.3 Å². The summed E-state index contributed by atoms with van der Waals surface area (Å²) in [4.78, 5) is 14.7. The van der Waals surface area contributed by atoms with Crippen LogP contribution in [0.4, 0.5) is 17.1 Å². The number of anilines is 3. The molecule has 1 saturated heterocycles. The fourth-order valence-electron chi connectivity index (χ4n) is 3.56. The molecule has 1 amide bonds. The normalized spacial score (nSPS) is 13.5. The Kier molecular flexibility index (Phi) is 7.95. The maximum Gasteiger partial charge on any atom is 0.262 e. The molecule has 11 heteroatoms. The topological polar surface area (TPSA) is 121 Å². The molecule has 186 valence electrons. The molecule has 0 radical (unpaired) electrons. The van der Waals surface area contributed by atoms with E-state index in [0.717, 1.165) is 0 Å². The van der Waals surface area contributed by atoms with Crippen LogP contribution in [0.1, 0.15) is 5.56 Å². The number of hydrogen-bond donors (Lipinski definition) is 2. The minimum atomic E-state index is -3.94. The number of morpholine rings is 1. The van der Waals surface area contributed by atoms with E-state index in [1.54, 1.807) is 54.6 Å². The molecule has 1 heterocycles. The van der Waals surface area contributed by atoms with Crippen molar-refractivity contribution < 1.29 is 22.7 Å². The third-order valence-corrected chi connectivity index (χ3v) is 6.98. The lowest BCUT2D eigenvalue weighted by Gasteiger charge is -2.30. The third kappa shape index (κ3) is 6.46. The average Bonchev–Trinajstić information content (AvgIpc) is 2.89. The Hall–Kier alpha value is -3.78. The van der Waals surface area contributed by atoms with Crippen molar-refractivity contribution >= 4 is 44.6 Å². The lowest BCUT2D eigenvalue weighted by Crippen LogP contribution is -2.37.